The summed E-state index contributed by atoms with van der Waals surface area (Å²) in [5, 5.41) is 4.24. The van der Waals surface area contributed by atoms with Gasteiger partial charge in [-0.25, -0.2) is 0 Å². The molecule has 2 aromatic rings. The molecule has 0 aliphatic heterocycles. The molecule has 0 amide bonds. The molecule has 16 heavy (non-hydrogen) atoms. The van der Waals surface area contributed by atoms with Gasteiger partial charge in [0.25, 0.3) is 0 Å². The Morgan fingerprint density at radius 2 is 2.31 bits per heavy atom. The van der Waals surface area contributed by atoms with Gasteiger partial charge in [0.1, 0.15) is 0 Å². The first kappa shape index (κ1) is 11.2. The number of benzene rings is 1. The second kappa shape index (κ2) is 5.16. The van der Waals surface area contributed by atoms with Crippen LogP contribution in [-0.2, 0) is 6.54 Å². The highest BCUT2D eigenvalue weighted by Gasteiger charge is 2.00. The van der Waals surface area contributed by atoms with Crippen LogP contribution in [0.2, 0.25) is 0 Å². The van der Waals surface area contributed by atoms with Gasteiger partial charge in [-0.1, -0.05) is 28.1 Å². The third-order valence-corrected chi connectivity index (χ3v) is 2.65. The maximum Gasteiger partial charge on any atom is 0.157 e. The van der Waals surface area contributed by atoms with Crippen molar-refractivity contribution in [3.63, 3.8) is 0 Å². The normalized spacial score (nSPS) is 10.4. The van der Waals surface area contributed by atoms with Crippen LogP contribution in [0, 0.1) is 0 Å². The van der Waals surface area contributed by atoms with E-state index >= 15 is 0 Å². The van der Waals surface area contributed by atoms with Gasteiger partial charge in [0.2, 0.25) is 0 Å². The van der Waals surface area contributed by atoms with Gasteiger partial charge in [-0.2, -0.15) is 5.10 Å². The molecule has 84 valence electrons. The van der Waals surface area contributed by atoms with Crippen molar-refractivity contribution >= 4 is 15.9 Å². The van der Waals surface area contributed by atoms with E-state index in [0.29, 0.717) is 6.61 Å². The average Bonchev–Trinajstić information content (AvgIpc) is 2.66. The van der Waals surface area contributed by atoms with Crippen LogP contribution in [0.25, 0.3) is 0 Å². The predicted molar refractivity (Wildman–Crippen MR) is 66.6 cm³/mol. The van der Waals surface area contributed by atoms with E-state index in [1.165, 1.54) is 5.56 Å². The highest BCUT2D eigenvalue weighted by atomic mass is 79.9. The summed E-state index contributed by atoms with van der Waals surface area (Å²) in [6, 6.07) is 8.19. The van der Waals surface area contributed by atoms with Crippen molar-refractivity contribution in [2.75, 3.05) is 6.61 Å². The van der Waals surface area contributed by atoms with Crippen LogP contribution in [0.3, 0.4) is 0 Å². The van der Waals surface area contributed by atoms with Crippen LogP contribution >= 0.6 is 15.9 Å². The van der Waals surface area contributed by atoms with E-state index in [0.717, 1.165) is 16.8 Å². The minimum Gasteiger partial charge on any atom is -0.491 e. The zero-order valence-corrected chi connectivity index (χ0v) is 10.6. The number of rotatable bonds is 4. The Hall–Kier alpha value is -1.29. The first-order valence-corrected chi connectivity index (χ1v) is 5.97. The summed E-state index contributed by atoms with van der Waals surface area (Å²) >= 11 is 3.45. The van der Waals surface area contributed by atoms with E-state index in [1.54, 1.807) is 6.20 Å². The van der Waals surface area contributed by atoms with E-state index in [4.69, 9.17) is 4.74 Å². The fraction of sp³-hybridized carbons (Fsp3) is 0.250. The molecule has 0 N–H and O–H groups in total. The molecule has 4 heteroatoms. The second-order valence-electron chi connectivity index (χ2n) is 3.44. The van der Waals surface area contributed by atoms with Crippen LogP contribution in [0.15, 0.2) is 41.1 Å². The van der Waals surface area contributed by atoms with Crippen LogP contribution in [0.5, 0.6) is 5.75 Å². The van der Waals surface area contributed by atoms with Gasteiger partial charge in [0, 0.05) is 4.47 Å². The molecule has 1 heterocycles. The molecule has 3 nitrogen and oxygen atoms in total. The van der Waals surface area contributed by atoms with Crippen molar-refractivity contribution in [2.45, 2.75) is 13.5 Å². The Kier molecular flexibility index (Phi) is 3.62. The first-order valence-electron chi connectivity index (χ1n) is 5.17. The monoisotopic (exact) mass is 280 g/mol. The molecule has 0 unspecified atom stereocenters. The van der Waals surface area contributed by atoms with Gasteiger partial charge < -0.3 is 4.74 Å². The molecule has 0 atom stereocenters. The molecule has 0 fully saturated rings. The SMILES string of the molecule is CCOc1cnn(Cc2cccc(Br)c2)c1. The molecule has 0 radical (unpaired) electrons. The Balaban J connectivity index is 2.08. The van der Waals surface area contributed by atoms with Crippen molar-refractivity contribution in [3.05, 3.63) is 46.7 Å². The van der Waals surface area contributed by atoms with Crippen LogP contribution < -0.4 is 4.74 Å². The van der Waals surface area contributed by atoms with E-state index in [-0.39, 0.29) is 0 Å². The summed E-state index contributed by atoms with van der Waals surface area (Å²) in [5.41, 5.74) is 1.21. The van der Waals surface area contributed by atoms with Crippen molar-refractivity contribution in [1.82, 2.24) is 9.78 Å². The molecule has 0 saturated heterocycles. The Bertz CT molecular complexity index is 468. The lowest BCUT2D eigenvalue weighted by atomic mass is 10.2. The van der Waals surface area contributed by atoms with E-state index < -0.39 is 0 Å². The lowest BCUT2D eigenvalue weighted by Crippen LogP contribution is -1.99. The standard InChI is InChI=1S/C12H13BrN2O/c1-2-16-12-7-14-15(9-12)8-10-4-3-5-11(13)6-10/h3-7,9H,2,8H2,1H3. The summed E-state index contributed by atoms with van der Waals surface area (Å²) < 4.78 is 8.31. The van der Waals surface area contributed by atoms with Gasteiger partial charge in [-0.15, -0.1) is 0 Å². The van der Waals surface area contributed by atoms with Gasteiger partial charge in [0.05, 0.1) is 25.5 Å². The zero-order valence-electron chi connectivity index (χ0n) is 9.06. The fourth-order valence-corrected chi connectivity index (χ4v) is 1.94. The second-order valence-corrected chi connectivity index (χ2v) is 4.35. The summed E-state index contributed by atoms with van der Waals surface area (Å²) in [5.74, 6) is 0.817. The van der Waals surface area contributed by atoms with Crippen molar-refractivity contribution < 1.29 is 4.74 Å². The smallest absolute Gasteiger partial charge is 0.157 e. The average molecular weight is 281 g/mol. The summed E-state index contributed by atoms with van der Waals surface area (Å²) in [4.78, 5) is 0. The fourth-order valence-electron chi connectivity index (χ4n) is 1.49. The molecular formula is C12H13BrN2O. The van der Waals surface area contributed by atoms with Gasteiger partial charge in [-0.05, 0) is 24.6 Å². The maximum absolute atomic E-state index is 5.36. The van der Waals surface area contributed by atoms with Crippen LogP contribution in [0.1, 0.15) is 12.5 Å². The van der Waals surface area contributed by atoms with E-state index in [9.17, 15) is 0 Å². The van der Waals surface area contributed by atoms with Gasteiger partial charge >= 0.3 is 0 Å². The number of ether oxygens (including phenoxy) is 1. The van der Waals surface area contributed by atoms with Crippen molar-refractivity contribution in [3.8, 4) is 5.75 Å². The molecular weight excluding hydrogens is 268 g/mol. The Morgan fingerprint density at radius 1 is 1.44 bits per heavy atom. The number of aromatic nitrogens is 2. The maximum atomic E-state index is 5.36. The third kappa shape index (κ3) is 2.85. The van der Waals surface area contributed by atoms with Crippen molar-refractivity contribution in [1.29, 1.82) is 0 Å². The summed E-state index contributed by atoms with van der Waals surface area (Å²) in [6.45, 7) is 3.39. The largest absolute Gasteiger partial charge is 0.491 e. The van der Waals surface area contributed by atoms with Crippen LogP contribution in [-0.4, -0.2) is 16.4 Å². The third-order valence-electron chi connectivity index (χ3n) is 2.15. The molecule has 0 bridgehead atoms. The number of halogens is 1. The minimum atomic E-state index is 0.669. The highest BCUT2D eigenvalue weighted by molar-refractivity contribution is 9.10. The lowest BCUT2D eigenvalue weighted by molar-refractivity contribution is 0.340. The van der Waals surface area contributed by atoms with E-state index in [2.05, 4.69) is 33.2 Å². The molecule has 0 spiro atoms. The Morgan fingerprint density at radius 3 is 3.06 bits per heavy atom. The topological polar surface area (TPSA) is 27.1 Å². The minimum absolute atomic E-state index is 0.669. The quantitative estimate of drug-likeness (QED) is 0.861. The number of hydrogen-bond donors (Lipinski definition) is 0. The molecule has 2 rings (SSSR count). The highest BCUT2D eigenvalue weighted by Crippen LogP contribution is 2.14. The number of hydrogen-bond acceptors (Lipinski definition) is 2. The predicted octanol–water partition coefficient (Wildman–Crippen LogP) is 3.09. The van der Waals surface area contributed by atoms with Crippen molar-refractivity contribution in [2.24, 2.45) is 0 Å². The van der Waals surface area contributed by atoms with Crippen LogP contribution in [0.4, 0.5) is 0 Å². The molecule has 0 aliphatic carbocycles. The zero-order chi connectivity index (χ0) is 11.4. The molecule has 1 aromatic carbocycles. The molecule has 0 saturated carbocycles. The molecule has 0 aliphatic rings. The molecule has 1 aromatic heterocycles. The van der Waals surface area contributed by atoms with E-state index in [1.807, 2.05) is 29.9 Å². The van der Waals surface area contributed by atoms with Gasteiger partial charge in [0.15, 0.2) is 5.75 Å². The lowest BCUT2D eigenvalue weighted by Gasteiger charge is -2.02. The first-order chi connectivity index (χ1) is 7.78. The Labute approximate surface area is 103 Å². The summed E-state index contributed by atoms with van der Waals surface area (Å²) in [6.07, 6.45) is 3.64. The van der Waals surface area contributed by atoms with Gasteiger partial charge in [-0.3, -0.25) is 4.68 Å². The summed E-state index contributed by atoms with van der Waals surface area (Å²) in [7, 11) is 0. The number of nitrogens with zero attached hydrogens (tertiary/aromatic N) is 2.